The molecule has 1 aromatic heterocycles. The fourth-order valence-electron chi connectivity index (χ4n) is 12.4. The van der Waals surface area contributed by atoms with Crippen LogP contribution < -0.4 is 10.6 Å². The molecule has 4 fully saturated rings. The summed E-state index contributed by atoms with van der Waals surface area (Å²) in [7, 11) is 1.25. The number of carbonyl (C=O) groups excluding carboxylic acids is 1. The summed E-state index contributed by atoms with van der Waals surface area (Å²) in [6.07, 6.45) is 8.25. The van der Waals surface area contributed by atoms with E-state index in [-0.39, 0.29) is 49.7 Å². The van der Waals surface area contributed by atoms with Crippen LogP contribution in [0.3, 0.4) is 0 Å². The van der Waals surface area contributed by atoms with Crippen LogP contribution in [-0.2, 0) is 28.5 Å². The SMILES string of the molecule is COC(=O)C1=C[C@@H]2CCC=C[C@@H]([C@@H]2O[C@]23O[C@@]4(CO)[C@H](C#CC[C@H](CO)CC5=c6[nH]c([C@H](C)C7CCCCC7)cc6=C6CC[C@@]2(O)[C@@H](O)[C@@]64O5)C[C@@H]3O)[C@@H]1CC(=O)O. The second-order valence-electron chi connectivity index (χ2n) is 18.3. The average molecular weight is 804 g/mol. The summed E-state index contributed by atoms with van der Waals surface area (Å²) in [6, 6.07) is 2.14. The smallest absolute Gasteiger partial charge is 0.333 e. The number of rotatable bonds is 9. The van der Waals surface area contributed by atoms with Crippen LogP contribution in [0.25, 0.3) is 11.3 Å². The lowest BCUT2D eigenvalue weighted by Gasteiger charge is -2.72. The maximum Gasteiger partial charge on any atom is 0.333 e. The Hall–Kier alpha value is -3.48. The maximum atomic E-state index is 13.3. The summed E-state index contributed by atoms with van der Waals surface area (Å²) in [5.74, 6) is 0.244. The van der Waals surface area contributed by atoms with Crippen LogP contribution in [0.15, 0.2) is 29.9 Å². The predicted molar refractivity (Wildman–Crippen MR) is 207 cm³/mol. The zero-order chi connectivity index (χ0) is 40.8. The molecule has 2 saturated carbocycles. The molecule has 0 radical (unpaired) electrons. The molecule has 0 unspecified atom stereocenters. The summed E-state index contributed by atoms with van der Waals surface area (Å²) in [4.78, 5) is 29.1. The molecule has 8 aliphatic rings. The number of aromatic nitrogens is 1. The fourth-order valence-corrected chi connectivity index (χ4v) is 12.4. The van der Waals surface area contributed by atoms with Crippen LogP contribution in [0.1, 0.15) is 102 Å². The zero-order valence-electron chi connectivity index (χ0n) is 33.3. The van der Waals surface area contributed by atoms with Crippen molar-refractivity contribution in [2.75, 3.05) is 20.3 Å². The van der Waals surface area contributed by atoms with Gasteiger partial charge in [0.15, 0.2) is 16.8 Å². The van der Waals surface area contributed by atoms with Gasteiger partial charge in [0, 0.05) is 53.7 Å². The van der Waals surface area contributed by atoms with Crippen LogP contribution in [0.2, 0.25) is 0 Å². The van der Waals surface area contributed by atoms with E-state index in [0.717, 1.165) is 29.1 Å². The number of hydrogen-bond acceptors (Lipinski definition) is 11. The number of carboxylic acid groups (broad SMARTS) is 1. The largest absolute Gasteiger partial charge is 0.481 e. The van der Waals surface area contributed by atoms with Crippen molar-refractivity contribution >= 4 is 23.3 Å². The maximum absolute atomic E-state index is 13.3. The van der Waals surface area contributed by atoms with Crippen LogP contribution in [-0.4, -0.2) is 109 Å². The molecule has 2 saturated heterocycles. The molecule has 13 atom stereocenters. The van der Waals surface area contributed by atoms with E-state index in [4.69, 9.17) is 18.9 Å². The molecule has 58 heavy (non-hydrogen) atoms. The number of aromatic amines is 1. The molecular formula is C45H57NO12. The molecule has 13 nitrogen and oxygen atoms in total. The number of hydrogen-bond donors (Lipinski definition) is 7. The molecular weight excluding hydrogens is 746 g/mol. The molecule has 7 N–H and O–H groups in total. The Bertz CT molecular complexity index is 2090. The van der Waals surface area contributed by atoms with Crippen LogP contribution in [0, 0.1) is 47.3 Å². The number of aliphatic hydroxyl groups is 5. The fraction of sp³-hybridized carbons (Fsp3) is 0.689. The van der Waals surface area contributed by atoms with Crippen molar-refractivity contribution in [3.63, 3.8) is 0 Å². The number of allylic oxidation sites excluding steroid dienone is 1. The van der Waals surface area contributed by atoms with Crippen molar-refractivity contribution < 1.29 is 59.2 Å². The van der Waals surface area contributed by atoms with Gasteiger partial charge in [-0.15, -0.1) is 5.92 Å². The average Bonchev–Trinajstić information content (AvgIpc) is 3.61. The van der Waals surface area contributed by atoms with Gasteiger partial charge in [-0.05, 0) is 74.3 Å². The highest BCUT2D eigenvalue weighted by molar-refractivity contribution is 5.90. The minimum absolute atomic E-state index is 0.101. The number of fused-ring (bicyclic) bond motifs is 7. The lowest BCUT2D eigenvalue weighted by atomic mass is 9.50. The first-order valence-electron chi connectivity index (χ1n) is 21.4. The second-order valence-corrected chi connectivity index (χ2v) is 18.3. The van der Waals surface area contributed by atoms with Crippen LogP contribution in [0.4, 0.5) is 0 Å². The van der Waals surface area contributed by atoms with Gasteiger partial charge in [0.25, 0.3) is 0 Å². The Balaban J connectivity index is 1.23. The number of H-pyrrole nitrogens is 1. The lowest BCUT2D eigenvalue weighted by Crippen LogP contribution is -2.91. The van der Waals surface area contributed by atoms with Crippen molar-refractivity contribution in [2.24, 2.45) is 35.5 Å². The summed E-state index contributed by atoms with van der Waals surface area (Å²) >= 11 is 0. The van der Waals surface area contributed by atoms with E-state index in [2.05, 4.69) is 29.8 Å². The Kier molecular flexibility index (Phi) is 10.1. The van der Waals surface area contributed by atoms with Gasteiger partial charge < -0.3 is 54.6 Å². The first-order chi connectivity index (χ1) is 27.9. The van der Waals surface area contributed by atoms with Crippen LogP contribution in [0.5, 0.6) is 0 Å². The highest BCUT2D eigenvalue weighted by Crippen LogP contribution is 2.67. The van der Waals surface area contributed by atoms with E-state index in [1.54, 1.807) is 6.08 Å². The van der Waals surface area contributed by atoms with Crippen molar-refractivity contribution in [3.05, 3.63) is 46.1 Å². The summed E-state index contributed by atoms with van der Waals surface area (Å²) in [6.45, 7) is 1.36. The molecule has 7 bridgehead atoms. The standard InChI is InChI=1S/C45H57NO12/c1-24(26-10-4-3-5-11-26)34-20-32-33-15-16-42(54)41(53)44(33)43(23-48)28(13-8-9-25(22-47)17-35(56-44)38(32)46-34)19-36(49)45(42,58-43)57-39-27-12-6-7-14-29(39)30(21-37(50)51)31(18-27)40(52)55-2/h7,14,18,20,24-30,36,39,41,46-49,53-54H,3-6,9-12,15-17,19,21-23H2,1-2H3,(H,50,51)/t24-,25+,27+,28-,29-,30+,36+,39-,41-,42-,43+,44+,45-/m1/s1. The van der Waals surface area contributed by atoms with E-state index >= 15 is 0 Å². The molecule has 1 aromatic rings. The van der Waals surface area contributed by atoms with Crippen molar-refractivity contribution in [3.8, 4) is 11.8 Å². The van der Waals surface area contributed by atoms with E-state index in [0.29, 0.717) is 36.5 Å². The molecule has 4 aliphatic carbocycles. The van der Waals surface area contributed by atoms with E-state index in [1.807, 2.05) is 12.2 Å². The monoisotopic (exact) mass is 803 g/mol. The highest BCUT2D eigenvalue weighted by atomic mass is 16.8. The summed E-state index contributed by atoms with van der Waals surface area (Å²) in [5, 5.41) is 72.9. The van der Waals surface area contributed by atoms with Gasteiger partial charge in [0.1, 0.15) is 18.0 Å². The Morgan fingerprint density at radius 1 is 1.14 bits per heavy atom. The normalized spacial score (nSPS) is 41.9. The quantitative estimate of drug-likeness (QED) is 0.109. The predicted octanol–water partition coefficient (Wildman–Crippen LogP) is 2.03. The number of aliphatic hydroxyl groups excluding tert-OH is 4. The first-order valence-corrected chi connectivity index (χ1v) is 21.4. The third-order valence-electron chi connectivity index (χ3n) is 15.5. The summed E-state index contributed by atoms with van der Waals surface area (Å²) in [5.41, 5.74) is -4.14. The number of ether oxygens (including phenoxy) is 4. The third-order valence-corrected chi connectivity index (χ3v) is 15.5. The van der Waals surface area contributed by atoms with E-state index in [1.165, 1.54) is 26.4 Å². The van der Waals surface area contributed by atoms with Crippen LogP contribution >= 0.6 is 0 Å². The topological polar surface area (TPSA) is 208 Å². The zero-order valence-corrected chi connectivity index (χ0v) is 33.3. The van der Waals surface area contributed by atoms with Gasteiger partial charge in [-0.25, -0.2) is 4.79 Å². The number of methoxy groups -OCH3 is 1. The minimum atomic E-state index is -2.34. The van der Waals surface area contributed by atoms with Crippen molar-refractivity contribution in [1.29, 1.82) is 0 Å². The van der Waals surface area contributed by atoms with Gasteiger partial charge >= 0.3 is 11.9 Å². The Morgan fingerprint density at radius 2 is 1.93 bits per heavy atom. The summed E-state index contributed by atoms with van der Waals surface area (Å²) < 4.78 is 26.6. The van der Waals surface area contributed by atoms with Crippen molar-refractivity contribution in [2.45, 2.75) is 137 Å². The molecule has 5 heterocycles. The molecule has 4 aliphatic heterocycles. The van der Waals surface area contributed by atoms with E-state index in [9.17, 15) is 40.2 Å². The number of esters is 1. The molecule has 9 rings (SSSR count). The Labute approximate surface area is 337 Å². The molecule has 13 heteroatoms. The first kappa shape index (κ1) is 40.0. The van der Waals surface area contributed by atoms with Gasteiger partial charge in [0.05, 0.1) is 37.5 Å². The third kappa shape index (κ3) is 5.55. The number of carboxylic acids is 1. The molecule has 1 spiro atoms. The highest BCUT2D eigenvalue weighted by Gasteiger charge is 2.85. The number of nitrogens with one attached hydrogen (secondary N) is 1. The van der Waals surface area contributed by atoms with Gasteiger partial charge in [-0.2, -0.15) is 0 Å². The van der Waals surface area contributed by atoms with Gasteiger partial charge in [-0.3, -0.25) is 4.79 Å². The minimum Gasteiger partial charge on any atom is -0.481 e. The lowest BCUT2D eigenvalue weighted by molar-refractivity contribution is -0.493. The van der Waals surface area contributed by atoms with E-state index < -0.39 is 89.5 Å². The number of carbonyl (C=O) groups is 2. The van der Waals surface area contributed by atoms with Gasteiger partial charge in [-0.1, -0.05) is 50.3 Å². The van der Waals surface area contributed by atoms with Crippen molar-refractivity contribution in [1.82, 2.24) is 4.98 Å². The second kappa shape index (κ2) is 14.6. The molecule has 0 amide bonds. The molecule has 0 aromatic carbocycles. The molecule has 314 valence electrons. The number of aliphatic carboxylic acids is 1. The van der Waals surface area contributed by atoms with Gasteiger partial charge in [0.2, 0.25) is 5.79 Å². The Morgan fingerprint density at radius 3 is 2.66 bits per heavy atom.